The van der Waals surface area contributed by atoms with E-state index < -0.39 is 11.9 Å². The van der Waals surface area contributed by atoms with E-state index in [0.29, 0.717) is 44.1 Å². The molecule has 2 aromatic rings. The average Bonchev–Trinajstić information content (AvgIpc) is 2.77. The maximum atomic E-state index is 14.6. The van der Waals surface area contributed by atoms with Crippen molar-refractivity contribution >= 4 is 11.9 Å². The number of amides is 3. The van der Waals surface area contributed by atoms with Crippen LogP contribution in [0.3, 0.4) is 0 Å². The summed E-state index contributed by atoms with van der Waals surface area (Å²) < 4.78 is 20.0. The first-order chi connectivity index (χ1) is 14.6. The summed E-state index contributed by atoms with van der Waals surface area (Å²) >= 11 is 0. The molecule has 3 amide bonds. The lowest BCUT2D eigenvalue weighted by atomic mass is 9.93. The van der Waals surface area contributed by atoms with Crippen molar-refractivity contribution in [2.45, 2.75) is 19.5 Å². The van der Waals surface area contributed by atoms with Crippen LogP contribution < -0.4 is 5.32 Å². The minimum Gasteiger partial charge on any atom is -0.378 e. The summed E-state index contributed by atoms with van der Waals surface area (Å²) in [7, 11) is 0. The van der Waals surface area contributed by atoms with Gasteiger partial charge in [0.15, 0.2) is 0 Å². The van der Waals surface area contributed by atoms with Gasteiger partial charge in [0.05, 0.1) is 31.4 Å². The molecule has 0 bridgehead atoms. The van der Waals surface area contributed by atoms with Gasteiger partial charge in [0.2, 0.25) is 0 Å². The van der Waals surface area contributed by atoms with E-state index in [0.717, 1.165) is 5.56 Å². The van der Waals surface area contributed by atoms with Crippen LogP contribution in [0.2, 0.25) is 0 Å². The molecule has 0 saturated carbocycles. The van der Waals surface area contributed by atoms with Crippen molar-refractivity contribution in [3.05, 3.63) is 82.8 Å². The number of nitrogens with zero attached hydrogens (tertiary/aromatic N) is 2. The summed E-state index contributed by atoms with van der Waals surface area (Å²) in [6.45, 7) is 3.93. The molecular formula is C23H24FN3O3. The van der Waals surface area contributed by atoms with Gasteiger partial charge in [-0.25, -0.2) is 9.18 Å². The number of benzene rings is 2. The number of carbonyl (C=O) groups is 2. The molecule has 2 aliphatic rings. The second kappa shape index (κ2) is 8.67. The molecule has 6 nitrogen and oxygen atoms in total. The molecule has 1 saturated heterocycles. The van der Waals surface area contributed by atoms with Crippen LogP contribution in [0.25, 0.3) is 0 Å². The van der Waals surface area contributed by atoms with Crippen molar-refractivity contribution in [3.8, 4) is 0 Å². The zero-order valence-corrected chi connectivity index (χ0v) is 16.8. The number of urea groups is 1. The molecule has 4 rings (SSSR count). The normalized spacial score (nSPS) is 19.7. The van der Waals surface area contributed by atoms with Gasteiger partial charge in [-0.2, -0.15) is 0 Å². The third kappa shape index (κ3) is 3.93. The molecule has 7 heteroatoms. The highest BCUT2D eigenvalue weighted by atomic mass is 19.1. The van der Waals surface area contributed by atoms with Gasteiger partial charge in [-0.3, -0.25) is 9.69 Å². The first-order valence-electron chi connectivity index (χ1n) is 10.0. The fourth-order valence-corrected chi connectivity index (χ4v) is 3.89. The van der Waals surface area contributed by atoms with Crippen LogP contribution in [0.4, 0.5) is 9.18 Å². The maximum Gasteiger partial charge on any atom is 0.322 e. The molecule has 1 fully saturated rings. The van der Waals surface area contributed by atoms with E-state index in [9.17, 15) is 14.0 Å². The van der Waals surface area contributed by atoms with Crippen molar-refractivity contribution in [2.75, 3.05) is 26.3 Å². The van der Waals surface area contributed by atoms with E-state index in [1.807, 2.05) is 30.3 Å². The van der Waals surface area contributed by atoms with Gasteiger partial charge in [-0.05, 0) is 18.6 Å². The molecule has 2 aliphatic heterocycles. The summed E-state index contributed by atoms with van der Waals surface area (Å²) in [6, 6.07) is 14.6. The molecule has 156 valence electrons. The Balaban J connectivity index is 1.76. The molecule has 0 radical (unpaired) electrons. The van der Waals surface area contributed by atoms with Crippen LogP contribution in [0, 0.1) is 5.82 Å². The Morgan fingerprint density at radius 3 is 2.47 bits per heavy atom. The number of halogens is 1. The number of allylic oxidation sites excluding steroid dienone is 1. The number of ether oxygens (including phenoxy) is 1. The van der Waals surface area contributed by atoms with E-state index in [-0.39, 0.29) is 17.5 Å². The molecule has 0 unspecified atom stereocenters. The lowest BCUT2D eigenvalue weighted by molar-refractivity contribution is -0.131. The summed E-state index contributed by atoms with van der Waals surface area (Å²) in [6.07, 6.45) is 0. The predicted octanol–water partition coefficient (Wildman–Crippen LogP) is 3.23. The Morgan fingerprint density at radius 2 is 1.77 bits per heavy atom. The van der Waals surface area contributed by atoms with Crippen LogP contribution >= 0.6 is 0 Å². The fraction of sp³-hybridized carbons (Fsp3) is 0.304. The molecule has 2 aromatic carbocycles. The van der Waals surface area contributed by atoms with E-state index in [1.54, 1.807) is 34.9 Å². The van der Waals surface area contributed by atoms with Gasteiger partial charge >= 0.3 is 6.03 Å². The number of rotatable bonds is 4. The zero-order valence-electron chi connectivity index (χ0n) is 16.8. The predicted molar refractivity (Wildman–Crippen MR) is 110 cm³/mol. The van der Waals surface area contributed by atoms with Crippen molar-refractivity contribution in [3.63, 3.8) is 0 Å². The molecule has 0 spiro atoms. The summed E-state index contributed by atoms with van der Waals surface area (Å²) in [4.78, 5) is 29.7. The van der Waals surface area contributed by atoms with Crippen molar-refractivity contribution in [1.82, 2.24) is 15.1 Å². The van der Waals surface area contributed by atoms with Crippen molar-refractivity contribution in [2.24, 2.45) is 0 Å². The smallest absolute Gasteiger partial charge is 0.322 e. The Bertz CT molecular complexity index is 971. The third-order valence-corrected chi connectivity index (χ3v) is 5.52. The average molecular weight is 409 g/mol. The largest absolute Gasteiger partial charge is 0.378 e. The molecule has 2 heterocycles. The Morgan fingerprint density at radius 1 is 1.10 bits per heavy atom. The van der Waals surface area contributed by atoms with Crippen molar-refractivity contribution in [1.29, 1.82) is 0 Å². The fourth-order valence-electron chi connectivity index (χ4n) is 3.89. The standard InChI is InChI=1S/C23H24FN3O3/c1-16-20(22(28)26-11-13-30-14-12-26)21(18-9-5-6-10-19(18)24)25-23(29)27(16)15-17-7-3-2-4-8-17/h2-10,21H,11-15H2,1H3,(H,25,29)/t21-/m0/s1. The highest BCUT2D eigenvalue weighted by Gasteiger charge is 2.38. The maximum absolute atomic E-state index is 14.6. The second-order valence-electron chi connectivity index (χ2n) is 7.38. The Kier molecular flexibility index (Phi) is 5.81. The molecule has 0 aromatic heterocycles. The van der Waals surface area contributed by atoms with Gasteiger partial charge in [-0.15, -0.1) is 0 Å². The van der Waals surface area contributed by atoms with Gasteiger partial charge in [0, 0.05) is 24.4 Å². The number of hydrogen-bond donors (Lipinski definition) is 1. The topological polar surface area (TPSA) is 61.9 Å². The van der Waals surface area contributed by atoms with Gasteiger partial charge in [0.25, 0.3) is 5.91 Å². The monoisotopic (exact) mass is 409 g/mol. The number of morpholine rings is 1. The van der Waals surface area contributed by atoms with E-state index in [1.165, 1.54) is 6.07 Å². The molecule has 1 N–H and O–H groups in total. The quantitative estimate of drug-likeness (QED) is 0.844. The van der Waals surface area contributed by atoms with Crippen molar-refractivity contribution < 1.29 is 18.7 Å². The number of nitrogens with one attached hydrogen (secondary N) is 1. The zero-order chi connectivity index (χ0) is 21.1. The molecule has 30 heavy (non-hydrogen) atoms. The van der Waals surface area contributed by atoms with E-state index in [4.69, 9.17) is 4.74 Å². The number of hydrogen-bond acceptors (Lipinski definition) is 3. The lowest BCUT2D eigenvalue weighted by Crippen LogP contribution is -2.51. The first-order valence-corrected chi connectivity index (χ1v) is 10.0. The highest BCUT2D eigenvalue weighted by Crippen LogP contribution is 2.33. The SMILES string of the molecule is CC1=C(C(=O)N2CCOCC2)[C@H](c2ccccc2F)NC(=O)N1Cc1ccccc1. The number of carbonyl (C=O) groups excluding carboxylic acids is 2. The first kappa shape index (κ1) is 20.1. The molecule has 1 atom stereocenters. The Labute approximate surface area is 174 Å². The highest BCUT2D eigenvalue weighted by molar-refractivity contribution is 5.98. The van der Waals surface area contributed by atoms with Gasteiger partial charge in [-0.1, -0.05) is 48.5 Å². The van der Waals surface area contributed by atoms with Crippen LogP contribution in [-0.2, 0) is 16.1 Å². The van der Waals surface area contributed by atoms with Crippen LogP contribution in [0.15, 0.2) is 65.9 Å². The third-order valence-electron chi connectivity index (χ3n) is 5.52. The van der Waals surface area contributed by atoms with Gasteiger partial charge < -0.3 is 15.0 Å². The van der Waals surface area contributed by atoms with Crippen LogP contribution in [-0.4, -0.2) is 48.0 Å². The summed E-state index contributed by atoms with van der Waals surface area (Å²) in [5.41, 5.74) is 2.14. The van der Waals surface area contributed by atoms with E-state index in [2.05, 4.69) is 5.32 Å². The lowest BCUT2D eigenvalue weighted by Gasteiger charge is -2.38. The van der Waals surface area contributed by atoms with E-state index >= 15 is 0 Å². The minimum absolute atomic E-state index is 0.206. The minimum atomic E-state index is -0.846. The molecular weight excluding hydrogens is 385 g/mol. The van der Waals surface area contributed by atoms with Gasteiger partial charge in [0.1, 0.15) is 5.82 Å². The summed E-state index contributed by atoms with van der Waals surface area (Å²) in [5, 5.41) is 2.85. The molecule has 0 aliphatic carbocycles. The Hall–Kier alpha value is -3.19. The van der Waals surface area contributed by atoms with Crippen LogP contribution in [0.1, 0.15) is 24.1 Å². The summed E-state index contributed by atoms with van der Waals surface area (Å²) in [5.74, 6) is -0.665. The second-order valence-corrected chi connectivity index (χ2v) is 7.38. The van der Waals surface area contributed by atoms with Crippen LogP contribution in [0.5, 0.6) is 0 Å².